The van der Waals surface area contributed by atoms with Crippen molar-refractivity contribution in [3.05, 3.63) is 29.6 Å². The molecule has 1 aromatic rings. The van der Waals surface area contributed by atoms with E-state index in [0.717, 1.165) is 18.2 Å². The van der Waals surface area contributed by atoms with Crippen molar-refractivity contribution >= 4 is 16.0 Å². The van der Waals surface area contributed by atoms with Gasteiger partial charge in [0, 0.05) is 19.8 Å². The Bertz CT molecular complexity index is 573. The Balaban J connectivity index is 2.81. The quantitative estimate of drug-likeness (QED) is 0.705. The zero-order chi connectivity index (χ0) is 15.2. The Morgan fingerprint density at radius 1 is 1.45 bits per heavy atom. The molecule has 1 aromatic carbocycles. The van der Waals surface area contributed by atoms with Crippen LogP contribution in [0.5, 0.6) is 0 Å². The highest BCUT2D eigenvalue weighted by molar-refractivity contribution is 7.89. The van der Waals surface area contributed by atoms with Crippen molar-refractivity contribution in [2.24, 2.45) is 0 Å². The molecule has 1 rings (SSSR count). The van der Waals surface area contributed by atoms with Gasteiger partial charge < -0.3 is 9.84 Å². The van der Waals surface area contributed by atoms with Gasteiger partial charge in [0.1, 0.15) is 10.7 Å². The van der Waals surface area contributed by atoms with E-state index >= 15 is 0 Å². The number of sulfonamides is 1. The molecule has 0 amide bonds. The van der Waals surface area contributed by atoms with Crippen molar-refractivity contribution < 1.29 is 27.4 Å². The van der Waals surface area contributed by atoms with Crippen LogP contribution in [0.15, 0.2) is 23.1 Å². The Kier molecular flexibility index (Phi) is 6.05. The van der Waals surface area contributed by atoms with Gasteiger partial charge in [-0.3, -0.25) is 0 Å². The zero-order valence-electron chi connectivity index (χ0n) is 10.9. The summed E-state index contributed by atoms with van der Waals surface area (Å²) in [7, 11) is -4.08. The molecule has 20 heavy (non-hydrogen) atoms. The lowest BCUT2D eigenvalue weighted by atomic mass is 10.2. The van der Waals surface area contributed by atoms with Gasteiger partial charge in [0.25, 0.3) is 0 Å². The highest BCUT2D eigenvalue weighted by Gasteiger charge is 2.20. The third-order valence-electron chi connectivity index (χ3n) is 2.43. The maximum absolute atomic E-state index is 13.5. The van der Waals surface area contributed by atoms with Gasteiger partial charge in [-0.2, -0.15) is 0 Å². The summed E-state index contributed by atoms with van der Waals surface area (Å²) >= 11 is 0. The van der Waals surface area contributed by atoms with E-state index < -0.39 is 26.7 Å². The third-order valence-corrected chi connectivity index (χ3v) is 3.91. The second-order valence-corrected chi connectivity index (χ2v) is 5.63. The van der Waals surface area contributed by atoms with Gasteiger partial charge in [-0.05, 0) is 31.5 Å². The number of carboxylic acids is 1. The van der Waals surface area contributed by atoms with Crippen LogP contribution in [0.1, 0.15) is 23.7 Å². The Hall–Kier alpha value is -1.51. The number of benzene rings is 1. The molecule has 112 valence electrons. The van der Waals surface area contributed by atoms with E-state index in [1.807, 2.05) is 6.92 Å². The number of hydrogen-bond donors (Lipinski definition) is 2. The molecule has 0 bridgehead atoms. The van der Waals surface area contributed by atoms with Crippen LogP contribution in [-0.2, 0) is 14.8 Å². The van der Waals surface area contributed by atoms with Gasteiger partial charge in [0.15, 0.2) is 0 Å². The molecule has 0 fully saturated rings. The summed E-state index contributed by atoms with van der Waals surface area (Å²) in [6.45, 7) is 2.81. The molecule has 0 unspecified atom stereocenters. The van der Waals surface area contributed by atoms with Crippen LogP contribution in [-0.4, -0.2) is 39.3 Å². The number of halogens is 1. The van der Waals surface area contributed by atoms with E-state index in [-0.39, 0.29) is 12.1 Å². The summed E-state index contributed by atoms with van der Waals surface area (Å²) < 4.78 is 44.5. The maximum Gasteiger partial charge on any atom is 0.335 e. The van der Waals surface area contributed by atoms with Crippen LogP contribution >= 0.6 is 0 Å². The van der Waals surface area contributed by atoms with Gasteiger partial charge in [0.2, 0.25) is 10.0 Å². The van der Waals surface area contributed by atoms with Crippen molar-refractivity contribution in [1.82, 2.24) is 4.72 Å². The number of rotatable bonds is 8. The minimum absolute atomic E-state index is 0.0824. The molecule has 6 nitrogen and oxygen atoms in total. The van der Waals surface area contributed by atoms with Crippen LogP contribution in [0.3, 0.4) is 0 Å². The molecule has 0 saturated heterocycles. The molecule has 2 N–H and O–H groups in total. The van der Waals surface area contributed by atoms with E-state index in [2.05, 4.69) is 4.72 Å². The SMILES string of the molecule is CCOCCCNS(=O)(=O)c1cc(C(=O)O)ccc1F. The third kappa shape index (κ3) is 4.55. The summed E-state index contributed by atoms with van der Waals surface area (Å²) in [5.74, 6) is -2.31. The maximum atomic E-state index is 13.5. The first kappa shape index (κ1) is 16.5. The summed E-state index contributed by atoms with van der Waals surface area (Å²) in [6, 6.07) is 2.62. The Labute approximate surface area is 116 Å². The fourth-order valence-corrected chi connectivity index (χ4v) is 2.62. The molecule has 0 aromatic heterocycles. The predicted octanol–water partition coefficient (Wildman–Crippen LogP) is 1.23. The standard InChI is InChI=1S/C12H16FNO5S/c1-2-19-7-3-6-14-20(17,18)11-8-9(12(15)16)4-5-10(11)13/h4-5,8,14H,2-3,6-7H2,1H3,(H,15,16). The van der Waals surface area contributed by atoms with Crippen LogP contribution in [0, 0.1) is 5.82 Å². The number of aromatic carboxylic acids is 1. The smallest absolute Gasteiger partial charge is 0.335 e. The molecule has 0 saturated carbocycles. The number of ether oxygens (including phenoxy) is 1. The first-order valence-corrected chi connectivity index (χ1v) is 7.47. The van der Waals surface area contributed by atoms with E-state index in [1.54, 1.807) is 0 Å². The Morgan fingerprint density at radius 3 is 2.75 bits per heavy atom. The van der Waals surface area contributed by atoms with Crippen LogP contribution < -0.4 is 4.72 Å². The van der Waals surface area contributed by atoms with Crippen LogP contribution in [0.4, 0.5) is 4.39 Å². The fourth-order valence-electron chi connectivity index (χ4n) is 1.45. The van der Waals surface area contributed by atoms with E-state index in [1.165, 1.54) is 0 Å². The highest BCUT2D eigenvalue weighted by Crippen LogP contribution is 2.16. The van der Waals surface area contributed by atoms with Gasteiger partial charge in [-0.25, -0.2) is 22.3 Å². The monoisotopic (exact) mass is 305 g/mol. The largest absolute Gasteiger partial charge is 0.478 e. The molecular formula is C12H16FNO5S. The van der Waals surface area contributed by atoms with Crippen LogP contribution in [0.2, 0.25) is 0 Å². The number of nitrogens with one attached hydrogen (secondary N) is 1. The molecule has 0 aliphatic rings. The first-order chi connectivity index (χ1) is 9.38. The topological polar surface area (TPSA) is 92.7 Å². The first-order valence-electron chi connectivity index (χ1n) is 5.98. The molecule has 0 heterocycles. The molecule has 0 aliphatic heterocycles. The van der Waals surface area contributed by atoms with Crippen LogP contribution in [0.25, 0.3) is 0 Å². The lowest BCUT2D eigenvalue weighted by Crippen LogP contribution is -2.26. The van der Waals surface area contributed by atoms with E-state index in [0.29, 0.717) is 19.6 Å². The lowest BCUT2D eigenvalue weighted by molar-refractivity contribution is 0.0696. The van der Waals surface area contributed by atoms with Crippen molar-refractivity contribution in [2.45, 2.75) is 18.2 Å². The van der Waals surface area contributed by atoms with Crippen molar-refractivity contribution in [2.75, 3.05) is 19.8 Å². The molecule has 0 radical (unpaired) electrons. The van der Waals surface area contributed by atoms with Crippen molar-refractivity contribution in [1.29, 1.82) is 0 Å². The van der Waals surface area contributed by atoms with E-state index in [4.69, 9.17) is 9.84 Å². The van der Waals surface area contributed by atoms with E-state index in [9.17, 15) is 17.6 Å². The second kappa shape index (κ2) is 7.32. The summed E-state index contributed by atoms with van der Waals surface area (Å²) in [6.07, 6.45) is 0.438. The summed E-state index contributed by atoms with van der Waals surface area (Å²) in [4.78, 5) is 10.1. The second-order valence-electron chi connectivity index (χ2n) is 3.90. The number of carbonyl (C=O) groups is 1. The average molecular weight is 305 g/mol. The summed E-state index contributed by atoms with van der Waals surface area (Å²) in [5, 5.41) is 8.78. The summed E-state index contributed by atoms with van der Waals surface area (Å²) in [5.41, 5.74) is -0.291. The minimum Gasteiger partial charge on any atom is -0.478 e. The lowest BCUT2D eigenvalue weighted by Gasteiger charge is -2.08. The number of carboxylic acid groups (broad SMARTS) is 1. The molecule has 0 atom stereocenters. The minimum atomic E-state index is -4.08. The molecule has 0 spiro atoms. The van der Waals surface area contributed by atoms with Gasteiger partial charge >= 0.3 is 5.97 Å². The highest BCUT2D eigenvalue weighted by atomic mass is 32.2. The van der Waals surface area contributed by atoms with Crippen molar-refractivity contribution in [3.8, 4) is 0 Å². The van der Waals surface area contributed by atoms with Gasteiger partial charge in [-0.1, -0.05) is 0 Å². The molecule has 0 aliphatic carbocycles. The Morgan fingerprint density at radius 2 is 2.15 bits per heavy atom. The van der Waals surface area contributed by atoms with Gasteiger partial charge in [0.05, 0.1) is 5.56 Å². The molecular weight excluding hydrogens is 289 g/mol. The predicted molar refractivity (Wildman–Crippen MR) is 69.7 cm³/mol. The molecule has 8 heteroatoms. The van der Waals surface area contributed by atoms with Crippen molar-refractivity contribution in [3.63, 3.8) is 0 Å². The number of hydrogen-bond acceptors (Lipinski definition) is 4. The normalized spacial score (nSPS) is 11.5. The average Bonchev–Trinajstić information content (AvgIpc) is 2.38. The fraction of sp³-hybridized carbons (Fsp3) is 0.417. The van der Waals surface area contributed by atoms with Gasteiger partial charge in [-0.15, -0.1) is 0 Å². The zero-order valence-corrected chi connectivity index (χ0v) is 11.7.